The average Bonchev–Trinajstić information content (AvgIpc) is 3.39. The number of guanidine groups is 1. The van der Waals surface area contributed by atoms with Crippen LogP contribution in [0.15, 0.2) is 11.3 Å². The van der Waals surface area contributed by atoms with E-state index < -0.39 is 0 Å². The van der Waals surface area contributed by atoms with Crippen molar-refractivity contribution in [2.45, 2.75) is 71.9 Å². The molecule has 2 N–H and O–H groups in total. The van der Waals surface area contributed by atoms with Crippen LogP contribution in [0.25, 0.3) is 0 Å². The molecule has 0 saturated carbocycles. The summed E-state index contributed by atoms with van der Waals surface area (Å²) >= 11 is 0. The molecule has 1 aliphatic heterocycles. The van der Waals surface area contributed by atoms with Crippen LogP contribution in [0.2, 0.25) is 0 Å². The minimum Gasteiger partial charge on any atom is -0.381 e. The first-order valence-electron chi connectivity index (χ1n) is 11.5. The highest BCUT2D eigenvalue weighted by atomic mass is 16.5. The predicted octanol–water partition coefficient (Wildman–Crippen LogP) is 2.07. The first-order valence-corrected chi connectivity index (χ1v) is 11.5. The maximum atomic E-state index is 5.66. The first-order chi connectivity index (χ1) is 14.3. The molecule has 8 nitrogen and oxygen atoms in total. The Morgan fingerprint density at radius 1 is 1.21 bits per heavy atom. The molecule has 1 aliphatic rings. The summed E-state index contributed by atoms with van der Waals surface area (Å²) in [6, 6.07) is 0.570. The SMILES string of the molecule is CCCCOCCCNC(=NCC1CCCN1CC)NCCn1cnnc1CC. The lowest BCUT2D eigenvalue weighted by molar-refractivity contribution is 0.129. The molecule has 1 aromatic rings. The van der Waals surface area contributed by atoms with E-state index in [0.717, 1.165) is 77.0 Å². The van der Waals surface area contributed by atoms with Gasteiger partial charge in [-0.2, -0.15) is 0 Å². The van der Waals surface area contributed by atoms with Crippen LogP contribution in [0.1, 0.15) is 58.7 Å². The third-order valence-corrected chi connectivity index (χ3v) is 5.42. The Bertz CT molecular complexity index is 575. The molecule has 1 saturated heterocycles. The van der Waals surface area contributed by atoms with Crippen molar-refractivity contribution >= 4 is 5.96 Å². The van der Waals surface area contributed by atoms with Gasteiger partial charge in [-0.15, -0.1) is 10.2 Å². The fourth-order valence-electron chi connectivity index (χ4n) is 3.65. The number of hydrogen-bond acceptors (Lipinski definition) is 5. The molecular formula is C21H41N7O. The Kier molecular flexibility index (Phi) is 11.7. The highest BCUT2D eigenvalue weighted by Gasteiger charge is 2.22. The fraction of sp³-hybridized carbons (Fsp3) is 0.857. The summed E-state index contributed by atoms with van der Waals surface area (Å²) in [5.41, 5.74) is 0. The van der Waals surface area contributed by atoms with Crippen molar-refractivity contribution in [1.82, 2.24) is 30.3 Å². The van der Waals surface area contributed by atoms with Crippen LogP contribution in [0.4, 0.5) is 0 Å². The van der Waals surface area contributed by atoms with Gasteiger partial charge >= 0.3 is 0 Å². The minimum atomic E-state index is 0.570. The van der Waals surface area contributed by atoms with Gasteiger partial charge in [0.1, 0.15) is 12.2 Å². The van der Waals surface area contributed by atoms with Gasteiger partial charge in [0.15, 0.2) is 5.96 Å². The summed E-state index contributed by atoms with van der Waals surface area (Å²) in [6.45, 7) is 13.9. The van der Waals surface area contributed by atoms with Crippen LogP contribution in [-0.2, 0) is 17.7 Å². The molecule has 0 bridgehead atoms. The molecule has 166 valence electrons. The van der Waals surface area contributed by atoms with E-state index in [4.69, 9.17) is 9.73 Å². The van der Waals surface area contributed by atoms with E-state index in [-0.39, 0.29) is 0 Å². The Morgan fingerprint density at radius 2 is 2.03 bits per heavy atom. The molecule has 0 aliphatic carbocycles. The van der Waals surface area contributed by atoms with E-state index >= 15 is 0 Å². The number of ether oxygens (including phenoxy) is 1. The van der Waals surface area contributed by atoms with Gasteiger partial charge in [0.25, 0.3) is 0 Å². The molecule has 2 rings (SSSR count). The zero-order valence-corrected chi connectivity index (χ0v) is 18.7. The lowest BCUT2D eigenvalue weighted by Gasteiger charge is -2.21. The van der Waals surface area contributed by atoms with E-state index in [1.54, 1.807) is 6.33 Å². The van der Waals surface area contributed by atoms with E-state index in [1.807, 2.05) is 0 Å². The van der Waals surface area contributed by atoms with Gasteiger partial charge in [0, 0.05) is 45.3 Å². The summed E-state index contributed by atoms with van der Waals surface area (Å²) in [7, 11) is 0. The van der Waals surface area contributed by atoms with Crippen LogP contribution >= 0.6 is 0 Å². The molecule has 29 heavy (non-hydrogen) atoms. The highest BCUT2D eigenvalue weighted by Crippen LogP contribution is 2.16. The molecule has 0 aromatic carbocycles. The number of rotatable bonds is 14. The minimum absolute atomic E-state index is 0.570. The zero-order valence-electron chi connectivity index (χ0n) is 18.7. The average molecular weight is 408 g/mol. The molecule has 1 aromatic heterocycles. The molecule has 1 unspecified atom stereocenters. The second-order valence-electron chi connectivity index (χ2n) is 7.58. The van der Waals surface area contributed by atoms with E-state index in [0.29, 0.717) is 6.04 Å². The first kappa shape index (κ1) is 23.6. The molecule has 1 atom stereocenters. The van der Waals surface area contributed by atoms with Crippen molar-refractivity contribution < 1.29 is 4.74 Å². The summed E-state index contributed by atoms with van der Waals surface area (Å²) in [5.74, 6) is 1.92. The van der Waals surface area contributed by atoms with E-state index in [9.17, 15) is 0 Å². The lowest BCUT2D eigenvalue weighted by atomic mass is 10.2. The van der Waals surface area contributed by atoms with Crippen molar-refractivity contribution in [3.05, 3.63) is 12.2 Å². The molecule has 2 heterocycles. The summed E-state index contributed by atoms with van der Waals surface area (Å²) in [6.07, 6.45) is 8.53. The second kappa shape index (κ2) is 14.3. The predicted molar refractivity (Wildman–Crippen MR) is 118 cm³/mol. The number of aryl methyl sites for hydroxylation is 1. The van der Waals surface area contributed by atoms with Crippen LogP contribution in [0, 0.1) is 0 Å². The number of aromatic nitrogens is 3. The third-order valence-electron chi connectivity index (χ3n) is 5.42. The van der Waals surface area contributed by atoms with Gasteiger partial charge in [-0.1, -0.05) is 27.2 Å². The number of nitrogens with one attached hydrogen (secondary N) is 2. The Hall–Kier alpha value is -1.67. The van der Waals surface area contributed by atoms with Crippen LogP contribution < -0.4 is 10.6 Å². The van der Waals surface area contributed by atoms with Crippen molar-refractivity contribution in [3.8, 4) is 0 Å². The Morgan fingerprint density at radius 3 is 2.83 bits per heavy atom. The zero-order chi connectivity index (χ0) is 20.7. The maximum absolute atomic E-state index is 5.66. The number of likely N-dealkylation sites (tertiary alicyclic amines) is 1. The summed E-state index contributed by atoms with van der Waals surface area (Å²) in [5, 5.41) is 15.1. The standard InChI is InChI=1S/C21H41N7O/c1-4-7-15-29-16-9-11-22-21(24-17-19-10-8-13-27(19)6-3)23-12-14-28-18-25-26-20(28)5-2/h18-19H,4-17H2,1-3H3,(H2,22,23,24). The Balaban J connectivity index is 1.78. The van der Waals surface area contributed by atoms with Crippen molar-refractivity contribution in [1.29, 1.82) is 0 Å². The summed E-state index contributed by atoms with van der Waals surface area (Å²) in [4.78, 5) is 7.42. The quantitative estimate of drug-likeness (QED) is 0.279. The number of hydrogen-bond donors (Lipinski definition) is 2. The largest absolute Gasteiger partial charge is 0.381 e. The van der Waals surface area contributed by atoms with Crippen LogP contribution in [0.3, 0.4) is 0 Å². The molecule has 0 amide bonds. The third kappa shape index (κ3) is 8.70. The number of likely N-dealkylation sites (N-methyl/N-ethyl adjacent to an activating group) is 1. The topological polar surface area (TPSA) is 79.6 Å². The maximum Gasteiger partial charge on any atom is 0.191 e. The van der Waals surface area contributed by atoms with Gasteiger partial charge in [-0.3, -0.25) is 9.89 Å². The molecule has 0 spiro atoms. The number of nitrogens with zero attached hydrogens (tertiary/aromatic N) is 5. The van der Waals surface area contributed by atoms with Gasteiger partial charge in [-0.05, 0) is 38.8 Å². The summed E-state index contributed by atoms with van der Waals surface area (Å²) < 4.78 is 7.76. The lowest BCUT2D eigenvalue weighted by Crippen LogP contribution is -2.41. The monoisotopic (exact) mass is 407 g/mol. The van der Waals surface area contributed by atoms with Crippen LogP contribution in [0.5, 0.6) is 0 Å². The normalized spacial score (nSPS) is 17.8. The number of unbranched alkanes of at least 4 members (excludes halogenated alkanes) is 1. The van der Waals surface area contributed by atoms with Gasteiger partial charge in [0.05, 0.1) is 6.54 Å². The fourth-order valence-corrected chi connectivity index (χ4v) is 3.65. The van der Waals surface area contributed by atoms with E-state index in [1.165, 1.54) is 25.8 Å². The molecule has 0 radical (unpaired) electrons. The smallest absolute Gasteiger partial charge is 0.191 e. The molecule has 1 fully saturated rings. The van der Waals surface area contributed by atoms with Crippen molar-refractivity contribution in [2.75, 3.05) is 45.9 Å². The highest BCUT2D eigenvalue weighted by molar-refractivity contribution is 5.79. The van der Waals surface area contributed by atoms with Crippen LogP contribution in [-0.4, -0.2) is 77.6 Å². The molecular weight excluding hydrogens is 366 g/mol. The van der Waals surface area contributed by atoms with Gasteiger partial charge in [0.2, 0.25) is 0 Å². The second-order valence-corrected chi connectivity index (χ2v) is 7.58. The van der Waals surface area contributed by atoms with Crippen molar-refractivity contribution in [3.63, 3.8) is 0 Å². The Labute approximate surface area is 176 Å². The van der Waals surface area contributed by atoms with Gasteiger partial charge in [-0.25, -0.2) is 0 Å². The van der Waals surface area contributed by atoms with E-state index in [2.05, 4.69) is 51.1 Å². The molecule has 8 heteroatoms. The van der Waals surface area contributed by atoms with Crippen molar-refractivity contribution in [2.24, 2.45) is 4.99 Å². The van der Waals surface area contributed by atoms with Gasteiger partial charge < -0.3 is 19.9 Å². The number of aliphatic imine (C=N–C) groups is 1.